The zero-order valence-corrected chi connectivity index (χ0v) is 12.0. The van der Waals surface area contributed by atoms with Crippen LogP contribution in [0.15, 0.2) is 29.2 Å². The maximum absolute atomic E-state index is 12.6. The quantitative estimate of drug-likeness (QED) is 0.923. The summed E-state index contributed by atoms with van der Waals surface area (Å²) in [5, 5.41) is 3.93. The Kier molecular flexibility index (Phi) is 5.18. The second-order valence-electron chi connectivity index (χ2n) is 4.29. The predicted octanol–water partition coefficient (Wildman–Crippen LogP) is 2.21. The van der Waals surface area contributed by atoms with Crippen LogP contribution in [0.5, 0.6) is 0 Å². The van der Waals surface area contributed by atoms with Crippen molar-refractivity contribution in [2.24, 2.45) is 0 Å². The molecule has 3 unspecified atom stereocenters. The largest absolute Gasteiger partial charge is 0.380 e. The first-order valence-corrected chi connectivity index (χ1v) is 7.79. The smallest absolute Gasteiger partial charge is 0.0782 e. The molecule has 3 nitrogen and oxygen atoms in total. The molecule has 0 aromatic heterocycles. The fourth-order valence-corrected chi connectivity index (χ4v) is 4.10. The molecule has 0 saturated carbocycles. The summed E-state index contributed by atoms with van der Waals surface area (Å²) in [5.41, 5.74) is 0. The van der Waals surface area contributed by atoms with Crippen molar-refractivity contribution in [3.05, 3.63) is 29.3 Å². The monoisotopic (exact) mass is 287 g/mol. The molecular weight excluding hydrogens is 270 g/mol. The van der Waals surface area contributed by atoms with Crippen LogP contribution in [0, 0.1) is 0 Å². The molecule has 0 bridgehead atoms. The van der Waals surface area contributed by atoms with Gasteiger partial charge in [-0.25, -0.2) is 0 Å². The molecule has 2 rings (SSSR count). The van der Waals surface area contributed by atoms with Crippen molar-refractivity contribution < 1.29 is 8.95 Å². The van der Waals surface area contributed by atoms with Crippen molar-refractivity contribution in [3.8, 4) is 0 Å². The van der Waals surface area contributed by atoms with Crippen molar-refractivity contribution in [2.75, 3.05) is 19.8 Å². The van der Waals surface area contributed by atoms with Gasteiger partial charge in [0.05, 0.1) is 32.6 Å². The highest BCUT2D eigenvalue weighted by Gasteiger charge is 2.31. The third kappa shape index (κ3) is 3.12. The molecular formula is C13H18ClNO2S. The molecule has 100 valence electrons. The Hall–Kier alpha value is -0.420. The van der Waals surface area contributed by atoms with Crippen molar-refractivity contribution in [1.82, 2.24) is 5.32 Å². The molecule has 5 heteroatoms. The number of ether oxygens (including phenoxy) is 1. The molecule has 3 atom stereocenters. The topological polar surface area (TPSA) is 38.3 Å². The lowest BCUT2D eigenvalue weighted by molar-refractivity contribution is 0.0824. The first-order valence-electron chi connectivity index (χ1n) is 6.20. The number of nitrogens with one attached hydrogen (secondary N) is 1. The first-order chi connectivity index (χ1) is 8.74. The van der Waals surface area contributed by atoms with Gasteiger partial charge in [-0.2, -0.15) is 0 Å². The fraction of sp³-hybridized carbons (Fsp3) is 0.538. The molecule has 0 aliphatic carbocycles. The standard InChI is InChI=1S/C13H18ClNO2S/c1-2-15-11-7-8-17-9-13(11)18(16)12-6-4-3-5-10(12)14/h3-6,11,13,15H,2,7-9H2,1H3. The van der Waals surface area contributed by atoms with Gasteiger partial charge in [0.25, 0.3) is 0 Å². The molecule has 18 heavy (non-hydrogen) atoms. The Morgan fingerprint density at radius 1 is 1.50 bits per heavy atom. The Morgan fingerprint density at radius 2 is 2.28 bits per heavy atom. The first kappa shape index (κ1) is 14.0. The van der Waals surface area contributed by atoms with Gasteiger partial charge < -0.3 is 10.1 Å². The van der Waals surface area contributed by atoms with Crippen LogP contribution in [-0.4, -0.2) is 35.3 Å². The van der Waals surface area contributed by atoms with Crippen LogP contribution >= 0.6 is 11.6 Å². The summed E-state index contributed by atoms with van der Waals surface area (Å²) in [7, 11) is -1.13. The molecule has 1 fully saturated rings. The van der Waals surface area contributed by atoms with E-state index in [-0.39, 0.29) is 11.3 Å². The summed E-state index contributed by atoms with van der Waals surface area (Å²) < 4.78 is 18.1. The van der Waals surface area contributed by atoms with Crippen LogP contribution in [0.25, 0.3) is 0 Å². The minimum absolute atomic E-state index is 0.0291. The van der Waals surface area contributed by atoms with Crippen LogP contribution in [0.2, 0.25) is 5.02 Å². The van der Waals surface area contributed by atoms with Gasteiger partial charge in [0, 0.05) is 12.6 Å². The average Bonchev–Trinajstić information content (AvgIpc) is 2.40. The Labute approximate surface area is 115 Å². The Morgan fingerprint density at radius 3 is 3.00 bits per heavy atom. The molecule has 0 radical (unpaired) electrons. The van der Waals surface area contributed by atoms with Crippen LogP contribution in [-0.2, 0) is 15.5 Å². The summed E-state index contributed by atoms with van der Waals surface area (Å²) in [6.45, 7) is 4.19. The van der Waals surface area contributed by atoms with Gasteiger partial charge in [0.1, 0.15) is 0 Å². The van der Waals surface area contributed by atoms with Gasteiger partial charge in [0.2, 0.25) is 0 Å². The number of halogens is 1. The van der Waals surface area contributed by atoms with E-state index in [1.54, 1.807) is 6.07 Å². The molecule has 1 aliphatic heterocycles. The lowest BCUT2D eigenvalue weighted by atomic mass is 10.1. The Bertz CT molecular complexity index is 425. The van der Waals surface area contributed by atoms with E-state index in [4.69, 9.17) is 16.3 Å². The molecule has 1 N–H and O–H groups in total. The molecule has 0 amide bonds. The van der Waals surface area contributed by atoms with Gasteiger partial charge in [-0.05, 0) is 25.1 Å². The maximum Gasteiger partial charge on any atom is 0.0782 e. The maximum atomic E-state index is 12.6. The van der Waals surface area contributed by atoms with Crippen molar-refractivity contribution in [3.63, 3.8) is 0 Å². The van der Waals surface area contributed by atoms with Gasteiger partial charge in [-0.3, -0.25) is 4.21 Å². The minimum Gasteiger partial charge on any atom is -0.380 e. The Balaban J connectivity index is 2.18. The molecule has 0 spiro atoms. The molecule has 1 saturated heterocycles. The van der Waals surface area contributed by atoms with E-state index >= 15 is 0 Å². The zero-order chi connectivity index (χ0) is 13.0. The molecule has 1 aromatic rings. The SMILES string of the molecule is CCNC1CCOCC1S(=O)c1ccccc1Cl. The summed E-state index contributed by atoms with van der Waals surface area (Å²) in [6.07, 6.45) is 0.898. The van der Waals surface area contributed by atoms with Crippen LogP contribution < -0.4 is 5.32 Å². The van der Waals surface area contributed by atoms with Gasteiger partial charge >= 0.3 is 0 Å². The lowest BCUT2D eigenvalue weighted by Crippen LogP contribution is -2.48. The summed E-state index contributed by atoms with van der Waals surface area (Å²) in [6, 6.07) is 7.56. The normalized spacial score (nSPS) is 25.9. The van der Waals surface area contributed by atoms with E-state index < -0.39 is 10.8 Å². The van der Waals surface area contributed by atoms with Crippen LogP contribution in [0.3, 0.4) is 0 Å². The zero-order valence-electron chi connectivity index (χ0n) is 10.4. The van der Waals surface area contributed by atoms with Gasteiger partial charge in [0.15, 0.2) is 0 Å². The third-order valence-electron chi connectivity index (χ3n) is 3.10. The lowest BCUT2D eigenvalue weighted by Gasteiger charge is -2.31. The van der Waals surface area contributed by atoms with E-state index in [1.165, 1.54) is 0 Å². The molecule has 1 aromatic carbocycles. The van der Waals surface area contributed by atoms with E-state index in [1.807, 2.05) is 18.2 Å². The highest BCUT2D eigenvalue weighted by molar-refractivity contribution is 7.86. The summed E-state index contributed by atoms with van der Waals surface area (Å²) in [4.78, 5) is 0.706. The highest BCUT2D eigenvalue weighted by Crippen LogP contribution is 2.25. The van der Waals surface area contributed by atoms with Crippen molar-refractivity contribution >= 4 is 22.4 Å². The van der Waals surface area contributed by atoms with E-state index in [9.17, 15) is 4.21 Å². The van der Waals surface area contributed by atoms with Gasteiger partial charge in [-0.15, -0.1) is 0 Å². The second kappa shape index (κ2) is 6.66. The molecule has 1 heterocycles. The third-order valence-corrected chi connectivity index (χ3v) is 5.34. The van der Waals surface area contributed by atoms with Gasteiger partial charge in [-0.1, -0.05) is 30.7 Å². The van der Waals surface area contributed by atoms with Crippen LogP contribution in [0.1, 0.15) is 13.3 Å². The van der Waals surface area contributed by atoms with Crippen molar-refractivity contribution in [1.29, 1.82) is 0 Å². The summed E-state index contributed by atoms with van der Waals surface area (Å²) >= 11 is 6.11. The fourth-order valence-electron chi connectivity index (χ4n) is 2.19. The number of hydrogen-bond donors (Lipinski definition) is 1. The molecule has 1 aliphatic rings. The number of benzene rings is 1. The van der Waals surface area contributed by atoms with Crippen LogP contribution in [0.4, 0.5) is 0 Å². The van der Waals surface area contributed by atoms with E-state index in [0.717, 1.165) is 19.6 Å². The second-order valence-corrected chi connectivity index (χ2v) is 6.34. The predicted molar refractivity (Wildman–Crippen MR) is 74.5 cm³/mol. The average molecular weight is 288 g/mol. The minimum atomic E-state index is -1.13. The number of hydrogen-bond acceptors (Lipinski definition) is 3. The van der Waals surface area contributed by atoms with E-state index in [0.29, 0.717) is 16.5 Å². The summed E-state index contributed by atoms with van der Waals surface area (Å²) in [5.74, 6) is 0. The number of rotatable bonds is 4. The van der Waals surface area contributed by atoms with E-state index in [2.05, 4.69) is 12.2 Å². The van der Waals surface area contributed by atoms with Crippen molar-refractivity contribution in [2.45, 2.75) is 29.5 Å². The highest BCUT2D eigenvalue weighted by atomic mass is 35.5.